The minimum atomic E-state index is -0.745. The Hall–Kier alpha value is -3.34. The Balaban J connectivity index is 1.59. The summed E-state index contributed by atoms with van der Waals surface area (Å²) in [6.07, 6.45) is -0.0700. The first kappa shape index (κ1) is 22.3. The Morgan fingerprint density at radius 1 is 0.968 bits per heavy atom. The fraction of sp³-hybridized carbons (Fsp3) is 0.200. The lowest BCUT2D eigenvalue weighted by Gasteiger charge is -2.09. The summed E-state index contributed by atoms with van der Waals surface area (Å²) in [6, 6.07) is 8.13. The maximum absolute atomic E-state index is 13.6. The van der Waals surface area contributed by atoms with Crippen molar-refractivity contribution in [1.82, 2.24) is 14.8 Å². The van der Waals surface area contributed by atoms with E-state index in [1.54, 1.807) is 4.57 Å². The van der Waals surface area contributed by atoms with Crippen molar-refractivity contribution in [1.29, 1.82) is 0 Å². The van der Waals surface area contributed by atoms with Crippen LogP contribution in [0.4, 0.5) is 24.5 Å². The molecular formula is C20H18F3N5O2S. The number of nitrogens with zero attached hydrogens (tertiary/aromatic N) is 3. The lowest BCUT2D eigenvalue weighted by Crippen LogP contribution is -2.18. The highest BCUT2D eigenvalue weighted by Gasteiger charge is 2.17. The molecule has 7 nitrogen and oxygen atoms in total. The minimum absolute atomic E-state index is 0.0700. The molecule has 2 amide bonds. The van der Waals surface area contributed by atoms with E-state index < -0.39 is 23.4 Å². The average Bonchev–Trinajstić information content (AvgIpc) is 3.12. The Labute approximate surface area is 180 Å². The van der Waals surface area contributed by atoms with Crippen LogP contribution in [0, 0.1) is 17.5 Å². The van der Waals surface area contributed by atoms with Gasteiger partial charge in [0.1, 0.15) is 23.3 Å². The van der Waals surface area contributed by atoms with Crippen LogP contribution in [0.25, 0.3) is 0 Å². The Morgan fingerprint density at radius 3 is 2.39 bits per heavy atom. The molecule has 11 heteroatoms. The number of hydrogen-bond acceptors (Lipinski definition) is 5. The van der Waals surface area contributed by atoms with E-state index >= 15 is 0 Å². The summed E-state index contributed by atoms with van der Waals surface area (Å²) in [4.78, 5) is 24.3. The van der Waals surface area contributed by atoms with Crippen LogP contribution in [0.15, 0.2) is 47.6 Å². The second-order valence-corrected chi connectivity index (χ2v) is 7.28. The molecule has 2 aromatic carbocycles. The van der Waals surface area contributed by atoms with E-state index in [1.807, 2.05) is 6.92 Å². The van der Waals surface area contributed by atoms with E-state index in [0.717, 1.165) is 30.0 Å². The highest BCUT2D eigenvalue weighted by Crippen LogP contribution is 2.20. The maximum Gasteiger partial charge on any atom is 0.234 e. The number of aromatic nitrogens is 3. The van der Waals surface area contributed by atoms with Gasteiger partial charge in [0.15, 0.2) is 5.16 Å². The number of amides is 2. The van der Waals surface area contributed by atoms with Crippen molar-refractivity contribution in [3.05, 3.63) is 65.7 Å². The Morgan fingerprint density at radius 2 is 1.68 bits per heavy atom. The molecule has 0 saturated heterocycles. The number of halogens is 3. The molecule has 0 aliphatic carbocycles. The fourth-order valence-corrected chi connectivity index (χ4v) is 3.49. The van der Waals surface area contributed by atoms with Gasteiger partial charge in [-0.3, -0.25) is 9.59 Å². The first-order valence-electron chi connectivity index (χ1n) is 9.21. The zero-order valence-corrected chi connectivity index (χ0v) is 17.2. The van der Waals surface area contributed by atoms with Crippen molar-refractivity contribution in [3.63, 3.8) is 0 Å². The SMILES string of the molecule is CCn1c(CC(=O)Nc2ccc(F)cc2)nnc1SCC(=O)Nc1cc(F)ccc1F. The average molecular weight is 449 g/mol. The van der Waals surface area contributed by atoms with Gasteiger partial charge in [-0.1, -0.05) is 11.8 Å². The van der Waals surface area contributed by atoms with Gasteiger partial charge in [-0.05, 0) is 43.3 Å². The number of benzene rings is 2. The minimum Gasteiger partial charge on any atom is -0.326 e. The Bertz CT molecular complexity index is 1090. The summed E-state index contributed by atoms with van der Waals surface area (Å²) in [5.41, 5.74) is 0.200. The smallest absolute Gasteiger partial charge is 0.234 e. The molecule has 0 saturated carbocycles. The van der Waals surface area contributed by atoms with Gasteiger partial charge in [0, 0.05) is 18.3 Å². The lowest BCUT2D eigenvalue weighted by atomic mass is 10.3. The molecule has 0 radical (unpaired) electrons. The molecule has 0 atom stereocenters. The number of hydrogen-bond donors (Lipinski definition) is 2. The number of carbonyl (C=O) groups excluding carboxylic acids is 2. The highest BCUT2D eigenvalue weighted by atomic mass is 32.2. The van der Waals surface area contributed by atoms with E-state index in [4.69, 9.17) is 0 Å². The largest absolute Gasteiger partial charge is 0.326 e. The molecule has 2 N–H and O–H groups in total. The molecule has 0 unspecified atom stereocenters. The van der Waals surface area contributed by atoms with Crippen molar-refractivity contribution in [2.24, 2.45) is 0 Å². The molecule has 0 spiro atoms. The summed E-state index contributed by atoms with van der Waals surface area (Å²) in [6.45, 7) is 2.28. The third-order valence-electron chi connectivity index (χ3n) is 4.09. The number of anilines is 2. The van der Waals surface area contributed by atoms with Crippen LogP contribution >= 0.6 is 11.8 Å². The molecule has 3 rings (SSSR count). The fourth-order valence-electron chi connectivity index (χ4n) is 2.67. The van der Waals surface area contributed by atoms with Gasteiger partial charge in [0.05, 0.1) is 17.9 Å². The first-order valence-corrected chi connectivity index (χ1v) is 10.2. The molecule has 31 heavy (non-hydrogen) atoms. The number of rotatable bonds is 8. The highest BCUT2D eigenvalue weighted by molar-refractivity contribution is 7.99. The lowest BCUT2D eigenvalue weighted by molar-refractivity contribution is -0.116. The molecule has 1 aromatic heterocycles. The third-order valence-corrected chi connectivity index (χ3v) is 5.06. The second-order valence-electron chi connectivity index (χ2n) is 6.34. The summed E-state index contributed by atoms with van der Waals surface area (Å²) < 4.78 is 41.5. The summed E-state index contributed by atoms with van der Waals surface area (Å²) in [7, 11) is 0. The predicted octanol–water partition coefficient (Wildman–Crippen LogP) is 3.63. The van der Waals surface area contributed by atoms with Crippen LogP contribution in [0.2, 0.25) is 0 Å². The van der Waals surface area contributed by atoms with Crippen LogP contribution in [0.5, 0.6) is 0 Å². The van der Waals surface area contributed by atoms with Gasteiger partial charge in [-0.15, -0.1) is 10.2 Å². The van der Waals surface area contributed by atoms with Crippen LogP contribution in [-0.4, -0.2) is 32.3 Å². The summed E-state index contributed by atoms with van der Waals surface area (Å²) >= 11 is 1.05. The van der Waals surface area contributed by atoms with E-state index in [0.29, 0.717) is 23.2 Å². The molecule has 0 fully saturated rings. The van der Waals surface area contributed by atoms with Crippen LogP contribution < -0.4 is 10.6 Å². The monoisotopic (exact) mass is 449 g/mol. The van der Waals surface area contributed by atoms with E-state index in [-0.39, 0.29) is 23.8 Å². The van der Waals surface area contributed by atoms with Gasteiger partial charge in [-0.2, -0.15) is 0 Å². The molecule has 1 heterocycles. The van der Waals surface area contributed by atoms with E-state index in [2.05, 4.69) is 20.8 Å². The van der Waals surface area contributed by atoms with Crippen LogP contribution in [-0.2, 0) is 22.6 Å². The van der Waals surface area contributed by atoms with Gasteiger partial charge in [-0.25, -0.2) is 13.2 Å². The van der Waals surface area contributed by atoms with Gasteiger partial charge in [0.2, 0.25) is 11.8 Å². The van der Waals surface area contributed by atoms with Gasteiger partial charge >= 0.3 is 0 Å². The quantitative estimate of drug-likeness (QED) is 0.513. The number of nitrogens with one attached hydrogen (secondary N) is 2. The molecule has 0 aliphatic heterocycles. The third kappa shape index (κ3) is 6.07. The zero-order valence-electron chi connectivity index (χ0n) is 16.4. The topological polar surface area (TPSA) is 88.9 Å². The number of carbonyl (C=O) groups is 2. The van der Waals surface area contributed by atoms with Crippen molar-refractivity contribution >= 4 is 35.0 Å². The molecule has 3 aromatic rings. The van der Waals surface area contributed by atoms with Crippen molar-refractivity contribution in [3.8, 4) is 0 Å². The normalized spacial score (nSPS) is 10.7. The molecule has 0 bridgehead atoms. The zero-order chi connectivity index (χ0) is 22.4. The second kappa shape index (κ2) is 10.1. The predicted molar refractivity (Wildman–Crippen MR) is 110 cm³/mol. The maximum atomic E-state index is 13.6. The summed E-state index contributed by atoms with van der Waals surface area (Å²) in [5.74, 6) is -2.45. The number of thioether (sulfide) groups is 1. The molecule has 0 aliphatic rings. The molecular weight excluding hydrogens is 431 g/mol. The van der Waals surface area contributed by atoms with Gasteiger partial charge in [0.25, 0.3) is 0 Å². The standard InChI is InChI=1S/C20H18F3N5O2S/c1-2-28-17(10-18(29)24-14-6-3-12(21)4-7-14)26-27-20(28)31-11-19(30)25-16-9-13(22)5-8-15(16)23/h3-9H,2,10-11H2,1H3,(H,24,29)(H,25,30). The Kier molecular flexibility index (Phi) is 7.29. The van der Waals surface area contributed by atoms with Crippen molar-refractivity contribution < 1.29 is 22.8 Å². The van der Waals surface area contributed by atoms with E-state index in [1.165, 1.54) is 24.3 Å². The van der Waals surface area contributed by atoms with Crippen molar-refractivity contribution in [2.75, 3.05) is 16.4 Å². The summed E-state index contributed by atoms with van der Waals surface area (Å²) in [5, 5.41) is 13.4. The van der Waals surface area contributed by atoms with Crippen molar-refractivity contribution in [2.45, 2.75) is 25.0 Å². The van der Waals surface area contributed by atoms with Gasteiger partial charge < -0.3 is 15.2 Å². The van der Waals surface area contributed by atoms with Crippen LogP contribution in [0.3, 0.4) is 0 Å². The first-order chi connectivity index (χ1) is 14.9. The van der Waals surface area contributed by atoms with E-state index in [9.17, 15) is 22.8 Å². The molecule has 162 valence electrons. The van der Waals surface area contributed by atoms with Crippen LogP contribution in [0.1, 0.15) is 12.7 Å².